The third-order valence-corrected chi connectivity index (χ3v) is 3.18. The van der Waals surface area contributed by atoms with Crippen LogP contribution in [0.1, 0.15) is 18.4 Å². The monoisotopic (exact) mass is 236 g/mol. The van der Waals surface area contributed by atoms with Gasteiger partial charge in [-0.05, 0) is 18.4 Å². The molecule has 3 nitrogen and oxygen atoms in total. The molecule has 0 saturated carbocycles. The van der Waals surface area contributed by atoms with E-state index in [2.05, 4.69) is 12.1 Å². The molecule has 0 bridgehead atoms. The molecule has 2 atom stereocenters. The van der Waals surface area contributed by atoms with E-state index >= 15 is 0 Å². The molecule has 0 aliphatic carbocycles. The van der Waals surface area contributed by atoms with Crippen molar-refractivity contribution < 1.29 is 14.6 Å². The lowest BCUT2D eigenvalue weighted by Crippen LogP contribution is -2.32. The van der Waals surface area contributed by atoms with Gasteiger partial charge in [0.15, 0.2) is 0 Å². The summed E-state index contributed by atoms with van der Waals surface area (Å²) in [7, 11) is 0. The fraction of sp³-hybridized carbons (Fsp3) is 0.571. The number of hydrogen-bond acceptors (Lipinski definition) is 3. The molecule has 1 heterocycles. The van der Waals surface area contributed by atoms with E-state index in [9.17, 15) is 5.11 Å². The predicted molar refractivity (Wildman–Crippen MR) is 65.6 cm³/mol. The van der Waals surface area contributed by atoms with Gasteiger partial charge in [-0.2, -0.15) is 0 Å². The molecule has 0 spiro atoms. The molecule has 0 amide bonds. The Morgan fingerprint density at radius 3 is 2.88 bits per heavy atom. The largest absolute Gasteiger partial charge is 0.393 e. The molecular weight excluding hydrogens is 216 g/mol. The second-order valence-corrected chi connectivity index (χ2v) is 4.52. The van der Waals surface area contributed by atoms with Crippen molar-refractivity contribution in [3.8, 4) is 0 Å². The summed E-state index contributed by atoms with van der Waals surface area (Å²) in [5, 5.41) is 9.75. The number of rotatable bonds is 5. The molecule has 1 saturated heterocycles. The van der Waals surface area contributed by atoms with Crippen LogP contribution >= 0.6 is 0 Å². The Kier molecular flexibility index (Phi) is 4.98. The van der Waals surface area contributed by atoms with E-state index in [0.717, 1.165) is 12.8 Å². The van der Waals surface area contributed by atoms with Crippen LogP contribution in [-0.4, -0.2) is 31.0 Å². The zero-order valence-electron chi connectivity index (χ0n) is 10.0. The van der Waals surface area contributed by atoms with Crippen LogP contribution in [0.15, 0.2) is 30.3 Å². The maximum Gasteiger partial charge on any atom is 0.0716 e. The van der Waals surface area contributed by atoms with Crippen LogP contribution in [0.2, 0.25) is 0 Å². The van der Waals surface area contributed by atoms with Crippen LogP contribution in [0.5, 0.6) is 0 Å². The van der Waals surface area contributed by atoms with Crippen LogP contribution in [0.4, 0.5) is 0 Å². The second kappa shape index (κ2) is 6.74. The Morgan fingerprint density at radius 1 is 1.29 bits per heavy atom. The van der Waals surface area contributed by atoms with Crippen molar-refractivity contribution in [1.82, 2.24) is 0 Å². The van der Waals surface area contributed by atoms with Gasteiger partial charge in [-0.25, -0.2) is 0 Å². The van der Waals surface area contributed by atoms with E-state index in [1.54, 1.807) is 0 Å². The van der Waals surface area contributed by atoms with Gasteiger partial charge in [0, 0.05) is 19.1 Å². The normalized spacial score (nSPS) is 24.8. The van der Waals surface area contributed by atoms with Gasteiger partial charge < -0.3 is 14.6 Å². The van der Waals surface area contributed by atoms with E-state index in [0.29, 0.717) is 26.4 Å². The Morgan fingerprint density at radius 2 is 2.12 bits per heavy atom. The molecule has 1 aliphatic rings. The minimum atomic E-state index is -0.218. The summed E-state index contributed by atoms with van der Waals surface area (Å²) in [6, 6.07) is 10.1. The average molecular weight is 236 g/mol. The minimum Gasteiger partial charge on any atom is -0.393 e. The molecular formula is C14H20O3. The molecule has 1 aliphatic heterocycles. The van der Waals surface area contributed by atoms with E-state index in [1.807, 2.05) is 18.2 Å². The highest BCUT2D eigenvalue weighted by Crippen LogP contribution is 2.18. The maximum atomic E-state index is 9.75. The van der Waals surface area contributed by atoms with Gasteiger partial charge in [-0.15, -0.1) is 0 Å². The molecule has 2 unspecified atom stereocenters. The standard InChI is InChI=1S/C14H20O3/c15-14-7-9-17-11-13(14)6-8-16-10-12-4-2-1-3-5-12/h1-5,13-15H,6-11H2. The van der Waals surface area contributed by atoms with Gasteiger partial charge in [0.05, 0.1) is 19.3 Å². The first-order valence-electron chi connectivity index (χ1n) is 6.24. The van der Waals surface area contributed by atoms with E-state index < -0.39 is 0 Å². The minimum absolute atomic E-state index is 0.218. The highest BCUT2D eigenvalue weighted by Gasteiger charge is 2.23. The zero-order chi connectivity index (χ0) is 11.9. The zero-order valence-corrected chi connectivity index (χ0v) is 10.0. The highest BCUT2D eigenvalue weighted by atomic mass is 16.5. The Bertz CT molecular complexity index is 313. The van der Waals surface area contributed by atoms with Crippen molar-refractivity contribution >= 4 is 0 Å². The van der Waals surface area contributed by atoms with Crippen molar-refractivity contribution in [1.29, 1.82) is 0 Å². The number of ether oxygens (including phenoxy) is 2. The Labute approximate surface area is 102 Å². The average Bonchev–Trinajstić information content (AvgIpc) is 2.38. The Balaban J connectivity index is 1.63. The third kappa shape index (κ3) is 4.11. The molecule has 1 aromatic rings. The first kappa shape index (κ1) is 12.6. The van der Waals surface area contributed by atoms with Gasteiger partial charge >= 0.3 is 0 Å². The summed E-state index contributed by atoms with van der Waals surface area (Å²) >= 11 is 0. The summed E-state index contributed by atoms with van der Waals surface area (Å²) in [4.78, 5) is 0. The first-order chi connectivity index (χ1) is 8.36. The van der Waals surface area contributed by atoms with Crippen LogP contribution in [0, 0.1) is 5.92 Å². The van der Waals surface area contributed by atoms with E-state index in [-0.39, 0.29) is 12.0 Å². The SMILES string of the molecule is OC1CCOCC1CCOCc1ccccc1. The first-order valence-corrected chi connectivity index (χ1v) is 6.24. The van der Waals surface area contributed by atoms with Gasteiger partial charge in [0.1, 0.15) is 0 Å². The van der Waals surface area contributed by atoms with Crippen LogP contribution in [0.3, 0.4) is 0 Å². The van der Waals surface area contributed by atoms with Crippen molar-refractivity contribution in [2.45, 2.75) is 25.6 Å². The van der Waals surface area contributed by atoms with Crippen molar-refractivity contribution in [2.75, 3.05) is 19.8 Å². The predicted octanol–water partition coefficient (Wildman–Crippen LogP) is 1.99. The third-order valence-electron chi connectivity index (χ3n) is 3.18. The molecule has 0 aromatic heterocycles. The van der Waals surface area contributed by atoms with Gasteiger partial charge in [0.25, 0.3) is 0 Å². The second-order valence-electron chi connectivity index (χ2n) is 4.52. The smallest absolute Gasteiger partial charge is 0.0716 e. The number of aliphatic hydroxyl groups is 1. The molecule has 1 aromatic carbocycles. The summed E-state index contributed by atoms with van der Waals surface area (Å²) < 4.78 is 11.0. The lowest BCUT2D eigenvalue weighted by atomic mass is 9.96. The number of aliphatic hydroxyl groups excluding tert-OH is 1. The maximum absolute atomic E-state index is 9.75. The van der Waals surface area contributed by atoms with Crippen molar-refractivity contribution in [3.63, 3.8) is 0 Å². The van der Waals surface area contributed by atoms with Gasteiger partial charge in [-0.1, -0.05) is 30.3 Å². The van der Waals surface area contributed by atoms with Crippen LogP contribution in [0.25, 0.3) is 0 Å². The molecule has 0 radical (unpaired) electrons. The highest BCUT2D eigenvalue weighted by molar-refractivity contribution is 5.13. The van der Waals surface area contributed by atoms with Gasteiger partial charge in [0.2, 0.25) is 0 Å². The Hall–Kier alpha value is -0.900. The fourth-order valence-corrected chi connectivity index (χ4v) is 2.06. The molecule has 17 heavy (non-hydrogen) atoms. The summed E-state index contributed by atoms with van der Waals surface area (Å²) in [5.74, 6) is 0.236. The lowest BCUT2D eigenvalue weighted by molar-refractivity contribution is -0.0477. The lowest BCUT2D eigenvalue weighted by Gasteiger charge is -2.27. The molecule has 94 valence electrons. The molecule has 1 fully saturated rings. The van der Waals surface area contributed by atoms with E-state index in [4.69, 9.17) is 9.47 Å². The molecule has 1 N–H and O–H groups in total. The van der Waals surface area contributed by atoms with Crippen LogP contribution < -0.4 is 0 Å². The number of hydrogen-bond donors (Lipinski definition) is 1. The topological polar surface area (TPSA) is 38.7 Å². The quantitative estimate of drug-likeness (QED) is 0.795. The molecule has 2 rings (SSSR count). The van der Waals surface area contributed by atoms with Crippen molar-refractivity contribution in [3.05, 3.63) is 35.9 Å². The summed E-state index contributed by atoms with van der Waals surface area (Å²) in [6.07, 6.45) is 1.40. The van der Waals surface area contributed by atoms with E-state index in [1.165, 1.54) is 5.56 Å². The number of benzene rings is 1. The summed E-state index contributed by atoms with van der Waals surface area (Å²) in [5.41, 5.74) is 1.19. The van der Waals surface area contributed by atoms with Crippen molar-refractivity contribution in [2.24, 2.45) is 5.92 Å². The molecule has 3 heteroatoms. The fourth-order valence-electron chi connectivity index (χ4n) is 2.06. The van der Waals surface area contributed by atoms with Gasteiger partial charge in [-0.3, -0.25) is 0 Å². The van der Waals surface area contributed by atoms with Crippen LogP contribution in [-0.2, 0) is 16.1 Å². The summed E-state index contributed by atoms with van der Waals surface area (Å²) in [6.45, 7) is 2.67.